The summed E-state index contributed by atoms with van der Waals surface area (Å²) >= 11 is 0. The van der Waals surface area contributed by atoms with E-state index in [1.165, 1.54) is 11.1 Å². The van der Waals surface area contributed by atoms with Crippen LogP contribution in [0.25, 0.3) is 0 Å². The van der Waals surface area contributed by atoms with E-state index in [1.54, 1.807) is 0 Å². The van der Waals surface area contributed by atoms with Gasteiger partial charge < -0.3 is 4.90 Å². The molecule has 0 saturated carbocycles. The molecule has 1 heterocycles. The molecule has 0 aromatic heterocycles. The Morgan fingerprint density at radius 1 is 1.00 bits per heavy atom. The van der Waals surface area contributed by atoms with Crippen LogP contribution >= 0.6 is 0 Å². The van der Waals surface area contributed by atoms with Gasteiger partial charge in [-0.2, -0.15) is 0 Å². The fourth-order valence-corrected chi connectivity index (χ4v) is 2.94. The second kappa shape index (κ2) is 6.57. The summed E-state index contributed by atoms with van der Waals surface area (Å²) in [5.74, 6) is 0.297. The first kappa shape index (κ1) is 13.9. The van der Waals surface area contributed by atoms with Crippen LogP contribution < -0.4 is 0 Å². The van der Waals surface area contributed by atoms with Crippen LogP contribution in [0, 0.1) is 0 Å². The van der Waals surface area contributed by atoms with Gasteiger partial charge >= 0.3 is 0 Å². The van der Waals surface area contributed by atoms with Crippen molar-refractivity contribution in [2.75, 3.05) is 6.54 Å². The number of hydrogen-bond acceptors (Lipinski definition) is 1. The lowest BCUT2D eigenvalue weighted by Gasteiger charge is -2.41. The Morgan fingerprint density at radius 2 is 1.67 bits per heavy atom. The van der Waals surface area contributed by atoms with E-state index < -0.39 is 0 Å². The largest absolute Gasteiger partial charge is 0.336 e. The van der Waals surface area contributed by atoms with E-state index in [2.05, 4.69) is 36.4 Å². The minimum absolute atomic E-state index is 0.297. The van der Waals surface area contributed by atoms with Gasteiger partial charge in [-0.25, -0.2) is 0 Å². The molecular weight excluding hydrogens is 258 g/mol. The molecule has 0 N–H and O–H groups in total. The SMILES string of the molecule is O=C(CCCc1ccccc1)N1CC[C@H]1c1ccccc1. The molecule has 2 nitrogen and oxygen atoms in total. The summed E-state index contributed by atoms with van der Waals surface area (Å²) in [5.41, 5.74) is 2.58. The number of aryl methyl sites for hydroxylation is 1. The summed E-state index contributed by atoms with van der Waals surface area (Å²) in [7, 11) is 0. The Balaban J connectivity index is 1.50. The monoisotopic (exact) mass is 279 g/mol. The Bertz CT molecular complexity index is 579. The maximum absolute atomic E-state index is 12.3. The molecule has 1 aliphatic rings. The molecule has 0 unspecified atom stereocenters. The molecule has 1 atom stereocenters. The first-order chi connectivity index (χ1) is 10.3. The fourth-order valence-electron chi connectivity index (χ4n) is 2.94. The van der Waals surface area contributed by atoms with Crippen molar-refractivity contribution in [3.63, 3.8) is 0 Å². The Hall–Kier alpha value is -2.09. The Kier molecular flexibility index (Phi) is 4.34. The lowest BCUT2D eigenvalue weighted by molar-refractivity contribution is -0.139. The van der Waals surface area contributed by atoms with E-state index in [0.717, 1.165) is 25.8 Å². The second-order valence-corrected chi connectivity index (χ2v) is 5.64. The zero-order valence-electron chi connectivity index (χ0n) is 12.2. The van der Waals surface area contributed by atoms with Crippen molar-refractivity contribution in [1.29, 1.82) is 0 Å². The molecular formula is C19H21NO. The van der Waals surface area contributed by atoms with Gasteiger partial charge in [0.15, 0.2) is 0 Å². The van der Waals surface area contributed by atoms with Crippen molar-refractivity contribution in [1.82, 2.24) is 4.90 Å². The zero-order chi connectivity index (χ0) is 14.5. The van der Waals surface area contributed by atoms with Gasteiger partial charge in [0.25, 0.3) is 0 Å². The van der Waals surface area contributed by atoms with Crippen molar-refractivity contribution >= 4 is 5.91 Å². The van der Waals surface area contributed by atoms with Crippen LogP contribution in [0.2, 0.25) is 0 Å². The summed E-state index contributed by atoms with van der Waals surface area (Å²) in [6, 6.07) is 21.0. The van der Waals surface area contributed by atoms with Crippen LogP contribution in [-0.2, 0) is 11.2 Å². The fraction of sp³-hybridized carbons (Fsp3) is 0.316. The van der Waals surface area contributed by atoms with E-state index in [-0.39, 0.29) is 0 Å². The molecule has 1 aliphatic heterocycles. The molecule has 3 rings (SSSR count). The van der Waals surface area contributed by atoms with Crippen molar-refractivity contribution in [3.05, 3.63) is 71.8 Å². The van der Waals surface area contributed by atoms with Crippen molar-refractivity contribution in [2.24, 2.45) is 0 Å². The third-order valence-corrected chi connectivity index (χ3v) is 4.22. The van der Waals surface area contributed by atoms with Gasteiger partial charge in [-0.15, -0.1) is 0 Å². The molecule has 0 bridgehead atoms. The smallest absolute Gasteiger partial charge is 0.223 e. The number of amides is 1. The lowest BCUT2D eigenvalue weighted by atomic mass is 9.94. The molecule has 2 aromatic carbocycles. The van der Waals surface area contributed by atoms with Gasteiger partial charge in [-0.1, -0.05) is 60.7 Å². The third-order valence-electron chi connectivity index (χ3n) is 4.22. The van der Waals surface area contributed by atoms with Crippen molar-refractivity contribution in [3.8, 4) is 0 Å². The lowest BCUT2D eigenvalue weighted by Crippen LogP contribution is -2.45. The predicted molar refractivity (Wildman–Crippen MR) is 84.9 cm³/mol. The molecule has 2 heteroatoms. The van der Waals surface area contributed by atoms with Crippen LogP contribution in [-0.4, -0.2) is 17.4 Å². The highest BCUT2D eigenvalue weighted by molar-refractivity contribution is 5.77. The van der Waals surface area contributed by atoms with E-state index in [1.807, 2.05) is 29.2 Å². The average Bonchev–Trinajstić information content (AvgIpc) is 2.48. The minimum atomic E-state index is 0.297. The number of benzene rings is 2. The third kappa shape index (κ3) is 3.33. The normalized spacial score (nSPS) is 17.3. The maximum Gasteiger partial charge on any atom is 0.223 e. The number of hydrogen-bond donors (Lipinski definition) is 0. The van der Waals surface area contributed by atoms with Crippen molar-refractivity contribution in [2.45, 2.75) is 31.7 Å². The average molecular weight is 279 g/mol. The second-order valence-electron chi connectivity index (χ2n) is 5.64. The van der Waals surface area contributed by atoms with Crippen molar-refractivity contribution < 1.29 is 4.79 Å². The molecule has 1 fully saturated rings. The molecule has 0 aliphatic carbocycles. The van der Waals surface area contributed by atoms with Gasteiger partial charge in [-0.3, -0.25) is 4.79 Å². The molecule has 0 spiro atoms. The molecule has 0 radical (unpaired) electrons. The maximum atomic E-state index is 12.3. The van der Waals surface area contributed by atoms with E-state index in [0.29, 0.717) is 18.4 Å². The van der Waals surface area contributed by atoms with Crippen LogP contribution in [0.5, 0.6) is 0 Å². The number of likely N-dealkylation sites (tertiary alicyclic amines) is 1. The molecule has 1 amide bonds. The highest BCUT2D eigenvalue weighted by Crippen LogP contribution is 2.33. The first-order valence-electron chi connectivity index (χ1n) is 7.73. The van der Waals surface area contributed by atoms with Gasteiger partial charge in [0.1, 0.15) is 0 Å². The van der Waals surface area contributed by atoms with Gasteiger partial charge in [0.05, 0.1) is 6.04 Å². The van der Waals surface area contributed by atoms with E-state index >= 15 is 0 Å². The topological polar surface area (TPSA) is 20.3 Å². The minimum Gasteiger partial charge on any atom is -0.336 e. The van der Waals surface area contributed by atoms with Crippen LogP contribution in [0.15, 0.2) is 60.7 Å². The molecule has 2 aromatic rings. The number of carbonyl (C=O) groups excluding carboxylic acids is 1. The molecule has 108 valence electrons. The summed E-state index contributed by atoms with van der Waals surface area (Å²) < 4.78 is 0. The Morgan fingerprint density at radius 3 is 2.29 bits per heavy atom. The van der Waals surface area contributed by atoms with Gasteiger partial charge in [-0.05, 0) is 30.4 Å². The van der Waals surface area contributed by atoms with Crippen LogP contribution in [0.4, 0.5) is 0 Å². The van der Waals surface area contributed by atoms with Crippen LogP contribution in [0.1, 0.15) is 36.4 Å². The number of nitrogens with zero attached hydrogens (tertiary/aromatic N) is 1. The van der Waals surface area contributed by atoms with Crippen LogP contribution in [0.3, 0.4) is 0 Å². The predicted octanol–water partition coefficient (Wildman–Crippen LogP) is 3.98. The van der Waals surface area contributed by atoms with E-state index in [9.17, 15) is 4.79 Å². The molecule has 1 saturated heterocycles. The highest BCUT2D eigenvalue weighted by Gasteiger charge is 2.32. The quantitative estimate of drug-likeness (QED) is 0.810. The number of carbonyl (C=O) groups is 1. The Labute approximate surface area is 126 Å². The highest BCUT2D eigenvalue weighted by atomic mass is 16.2. The summed E-state index contributed by atoms with van der Waals surface area (Å²) in [4.78, 5) is 14.4. The zero-order valence-corrected chi connectivity index (χ0v) is 12.2. The summed E-state index contributed by atoms with van der Waals surface area (Å²) in [6.45, 7) is 0.906. The van der Waals surface area contributed by atoms with Gasteiger partial charge in [0, 0.05) is 13.0 Å². The number of rotatable bonds is 5. The van der Waals surface area contributed by atoms with E-state index in [4.69, 9.17) is 0 Å². The standard InChI is InChI=1S/C19H21NO/c21-19(13-7-10-16-8-3-1-4-9-16)20-15-14-18(20)17-11-5-2-6-12-17/h1-6,8-9,11-12,18H,7,10,13-15H2/t18-/m0/s1. The van der Waals surface area contributed by atoms with Gasteiger partial charge in [0.2, 0.25) is 5.91 Å². The first-order valence-corrected chi connectivity index (χ1v) is 7.73. The summed E-state index contributed by atoms with van der Waals surface area (Å²) in [5, 5.41) is 0. The summed E-state index contributed by atoms with van der Waals surface area (Å²) in [6.07, 6.45) is 3.66. The molecule has 21 heavy (non-hydrogen) atoms.